The van der Waals surface area contributed by atoms with Crippen molar-refractivity contribution in [2.24, 2.45) is 5.73 Å². The molecule has 1 aromatic rings. The summed E-state index contributed by atoms with van der Waals surface area (Å²) in [7, 11) is -3.30. The molecule has 0 heterocycles. The third-order valence-corrected chi connectivity index (χ3v) is 5.84. The van der Waals surface area contributed by atoms with Crippen LogP contribution in [0, 0.1) is 18.3 Å². The SMILES string of the molecule is CCS(=O)(=O)[C@@H]1[C@H](c2ccc(C)cc2)[C@]1(N)C#N. The molecule has 1 aliphatic carbocycles. The number of nitriles is 1. The van der Waals surface area contributed by atoms with E-state index in [-0.39, 0.29) is 5.75 Å². The normalized spacial score (nSPS) is 30.8. The second-order valence-electron chi connectivity index (χ2n) is 4.81. The Bertz CT molecular complexity index is 601. The summed E-state index contributed by atoms with van der Waals surface area (Å²) in [5, 5.41) is 8.37. The van der Waals surface area contributed by atoms with Crippen molar-refractivity contribution in [2.45, 2.75) is 30.6 Å². The Morgan fingerprint density at radius 1 is 1.39 bits per heavy atom. The molecule has 1 aliphatic rings. The molecule has 5 heteroatoms. The zero-order valence-electron chi connectivity index (χ0n) is 10.4. The Labute approximate surface area is 107 Å². The van der Waals surface area contributed by atoms with Gasteiger partial charge >= 0.3 is 0 Å². The van der Waals surface area contributed by atoms with Crippen LogP contribution >= 0.6 is 0 Å². The first-order valence-corrected chi connectivity index (χ1v) is 7.56. The summed E-state index contributed by atoms with van der Waals surface area (Å²) in [6.45, 7) is 3.54. The Morgan fingerprint density at radius 3 is 2.39 bits per heavy atom. The van der Waals surface area contributed by atoms with E-state index in [2.05, 4.69) is 0 Å². The van der Waals surface area contributed by atoms with Gasteiger partial charge in [0.25, 0.3) is 0 Å². The lowest BCUT2D eigenvalue weighted by Crippen LogP contribution is -2.29. The second-order valence-corrected chi connectivity index (χ2v) is 7.22. The molecule has 0 bridgehead atoms. The van der Waals surface area contributed by atoms with Gasteiger partial charge in [0.2, 0.25) is 0 Å². The van der Waals surface area contributed by atoms with E-state index in [1.54, 1.807) is 6.92 Å². The summed E-state index contributed by atoms with van der Waals surface area (Å²) in [6, 6.07) is 9.48. The quantitative estimate of drug-likeness (QED) is 0.886. The molecule has 18 heavy (non-hydrogen) atoms. The lowest BCUT2D eigenvalue weighted by molar-refractivity contribution is 0.593. The van der Waals surface area contributed by atoms with Crippen molar-refractivity contribution in [1.29, 1.82) is 5.26 Å². The van der Waals surface area contributed by atoms with Crippen molar-refractivity contribution in [3.05, 3.63) is 35.4 Å². The number of hydrogen-bond acceptors (Lipinski definition) is 4. The molecule has 0 spiro atoms. The predicted molar refractivity (Wildman–Crippen MR) is 69.7 cm³/mol. The minimum Gasteiger partial charge on any atom is -0.312 e. The fraction of sp³-hybridized carbons (Fsp3) is 0.462. The molecule has 96 valence electrons. The maximum atomic E-state index is 12.0. The smallest absolute Gasteiger partial charge is 0.156 e. The van der Waals surface area contributed by atoms with Crippen molar-refractivity contribution < 1.29 is 8.42 Å². The number of benzene rings is 1. The largest absolute Gasteiger partial charge is 0.312 e. The Balaban J connectivity index is 2.41. The number of nitrogens with zero attached hydrogens (tertiary/aromatic N) is 1. The van der Waals surface area contributed by atoms with Gasteiger partial charge in [0.1, 0.15) is 10.8 Å². The molecule has 3 atom stereocenters. The third kappa shape index (κ3) is 1.82. The molecular weight excluding hydrogens is 248 g/mol. The minimum atomic E-state index is -3.30. The average molecular weight is 264 g/mol. The number of sulfone groups is 1. The van der Waals surface area contributed by atoms with Crippen LogP contribution in [0.1, 0.15) is 24.0 Å². The van der Waals surface area contributed by atoms with Crippen molar-refractivity contribution in [1.82, 2.24) is 0 Å². The molecule has 0 aromatic heterocycles. The van der Waals surface area contributed by atoms with Gasteiger partial charge in [-0.25, -0.2) is 8.42 Å². The van der Waals surface area contributed by atoms with E-state index in [1.165, 1.54) is 0 Å². The van der Waals surface area contributed by atoms with E-state index in [0.717, 1.165) is 11.1 Å². The molecule has 1 fully saturated rings. The van der Waals surface area contributed by atoms with Gasteiger partial charge in [-0.15, -0.1) is 0 Å². The molecule has 0 radical (unpaired) electrons. The van der Waals surface area contributed by atoms with Crippen LogP contribution in [0.25, 0.3) is 0 Å². The van der Waals surface area contributed by atoms with E-state index in [4.69, 9.17) is 11.0 Å². The first kappa shape index (κ1) is 13.1. The predicted octanol–water partition coefficient (Wildman–Crippen LogP) is 1.12. The van der Waals surface area contributed by atoms with E-state index >= 15 is 0 Å². The molecule has 1 saturated carbocycles. The van der Waals surface area contributed by atoms with Gasteiger partial charge < -0.3 is 5.73 Å². The monoisotopic (exact) mass is 264 g/mol. The van der Waals surface area contributed by atoms with Crippen molar-refractivity contribution in [2.75, 3.05) is 5.75 Å². The molecule has 0 saturated heterocycles. The summed E-state index contributed by atoms with van der Waals surface area (Å²) in [5.74, 6) is -0.395. The van der Waals surface area contributed by atoms with Crippen LogP contribution < -0.4 is 5.73 Å². The Kier molecular flexibility index (Phi) is 2.96. The summed E-state index contributed by atoms with van der Waals surface area (Å²) < 4.78 is 23.9. The fourth-order valence-corrected chi connectivity index (χ4v) is 4.29. The average Bonchev–Trinajstić information content (AvgIpc) is 2.98. The number of nitrogens with two attached hydrogens (primary N) is 1. The standard InChI is InChI=1S/C13H16N2O2S/c1-3-18(16,17)12-11(13(12,15)8-14)10-6-4-9(2)5-7-10/h4-7,11-12H,3,15H2,1-2H3/t11-,12+,13+/m0/s1. The molecule has 2 rings (SSSR count). The maximum Gasteiger partial charge on any atom is 0.156 e. The highest BCUT2D eigenvalue weighted by Gasteiger charge is 2.69. The van der Waals surface area contributed by atoms with E-state index in [1.807, 2.05) is 37.3 Å². The van der Waals surface area contributed by atoms with Gasteiger partial charge in [-0.1, -0.05) is 36.8 Å². The maximum absolute atomic E-state index is 12.0. The second kappa shape index (κ2) is 4.08. The molecule has 0 aliphatic heterocycles. The highest BCUT2D eigenvalue weighted by molar-refractivity contribution is 7.92. The van der Waals surface area contributed by atoms with Gasteiger partial charge in [0.05, 0.1) is 6.07 Å². The van der Waals surface area contributed by atoms with Crippen LogP contribution in [0.15, 0.2) is 24.3 Å². The topological polar surface area (TPSA) is 83.9 Å². The van der Waals surface area contributed by atoms with Crippen LogP contribution in [0.3, 0.4) is 0 Å². The molecule has 0 amide bonds. The molecule has 4 nitrogen and oxygen atoms in total. The van der Waals surface area contributed by atoms with Gasteiger partial charge in [0, 0.05) is 11.7 Å². The van der Waals surface area contributed by atoms with Gasteiger partial charge in [-0.2, -0.15) is 5.26 Å². The van der Waals surface area contributed by atoms with Crippen LogP contribution in [0.5, 0.6) is 0 Å². The highest BCUT2D eigenvalue weighted by Crippen LogP contribution is 2.53. The first-order valence-electron chi connectivity index (χ1n) is 5.85. The lowest BCUT2D eigenvalue weighted by atomic mass is 10.1. The van der Waals surface area contributed by atoms with Crippen molar-refractivity contribution in [3.63, 3.8) is 0 Å². The number of rotatable bonds is 3. The van der Waals surface area contributed by atoms with Gasteiger partial charge in [-0.05, 0) is 12.5 Å². The summed E-state index contributed by atoms with van der Waals surface area (Å²) >= 11 is 0. The van der Waals surface area contributed by atoms with E-state index in [9.17, 15) is 8.42 Å². The molecule has 2 N–H and O–H groups in total. The molecule has 0 unspecified atom stereocenters. The van der Waals surface area contributed by atoms with Crippen molar-refractivity contribution >= 4 is 9.84 Å². The number of hydrogen-bond donors (Lipinski definition) is 1. The Hall–Kier alpha value is -1.38. The molecule has 1 aromatic carbocycles. The zero-order chi connectivity index (χ0) is 13.6. The van der Waals surface area contributed by atoms with Crippen LogP contribution in [-0.4, -0.2) is 25.0 Å². The van der Waals surface area contributed by atoms with Gasteiger partial charge in [0.15, 0.2) is 9.84 Å². The highest BCUT2D eigenvalue weighted by atomic mass is 32.2. The van der Waals surface area contributed by atoms with Crippen LogP contribution in [0.4, 0.5) is 0 Å². The number of aryl methyl sites for hydroxylation is 1. The summed E-state index contributed by atoms with van der Waals surface area (Å²) in [4.78, 5) is 0. The van der Waals surface area contributed by atoms with E-state index in [0.29, 0.717) is 0 Å². The third-order valence-electron chi connectivity index (χ3n) is 3.60. The fourth-order valence-electron chi connectivity index (χ4n) is 2.42. The minimum absolute atomic E-state index is 0.0145. The van der Waals surface area contributed by atoms with Gasteiger partial charge in [-0.3, -0.25) is 0 Å². The molecular formula is C13H16N2O2S. The summed E-state index contributed by atoms with van der Waals surface area (Å²) in [6.07, 6.45) is 0. The Morgan fingerprint density at radius 2 is 1.94 bits per heavy atom. The van der Waals surface area contributed by atoms with Crippen LogP contribution in [0.2, 0.25) is 0 Å². The lowest BCUT2D eigenvalue weighted by Gasteiger charge is -2.01. The summed E-state index contributed by atoms with van der Waals surface area (Å²) in [5.41, 5.74) is 6.57. The zero-order valence-corrected chi connectivity index (χ0v) is 11.2. The first-order chi connectivity index (χ1) is 8.36. The van der Waals surface area contributed by atoms with Crippen LogP contribution in [-0.2, 0) is 9.84 Å². The van der Waals surface area contributed by atoms with Crippen molar-refractivity contribution in [3.8, 4) is 6.07 Å². The van der Waals surface area contributed by atoms with E-state index < -0.39 is 26.5 Å².